The first-order valence-corrected chi connectivity index (χ1v) is 8.15. The molecule has 3 heterocycles. The van der Waals surface area contributed by atoms with E-state index in [-0.39, 0.29) is 30.5 Å². The van der Waals surface area contributed by atoms with Gasteiger partial charge < -0.3 is 14.4 Å². The number of carbonyl (C=O) groups excluding carboxylic acids is 2. The van der Waals surface area contributed by atoms with Crippen LogP contribution in [0, 0.1) is 13.8 Å². The number of fused-ring (bicyclic) bond motifs is 1. The van der Waals surface area contributed by atoms with Gasteiger partial charge >= 0.3 is 5.97 Å². The summed E-state index contributed by atoms with van der Waals surface area (Å²) < 4.78 is 12.1. The standard InChI is InChI=1S/C16H21N5O4/c1-9-5-10(2)21-16(17-9)18-14(19-21)15(23)24-8-13(22)20-6-11(3)25-12(4)7-20/h5,11-12H,6-8H2,1-4H3. The largest absolute Gasteiger partial charge is 0.450 e. The lowest BCUT2D eigenvalue weighted by Gasteiger charge is -2.35. The molecule has 0 N–H and O–H groups in total. The molecule has 1 aliphatic rings. The Morgan fingerprint density at radius 2 is 1.92 bits per heavy atom. The highest BCUT2D eigenvalue weighted by atomic mass is 16.5. The highest BCUT2D eigenvalue weighted by molar-refractivity contribution is 5.88. The van der Waals surface area contributed by atoms with Crippen molar-refractivity contribution in [3.8, 4) is 0 Å². The zero-order chi connectivity index (χ0) is 18.1. The van der Waals surface area contributed by atoms with Crippen molar-refractivity contribution in [3.63, 3.8) is 0 Å². The van der Waals surface area contributed by atoms with Crippen LogP contribution in [-0.4, -0.2) is 68.3 Å². The average molecular weight is 347 g/mol. The first-order chi connectivity index (χ1) is 11.8. The van der Waals surface area contributed by atoms with Crippen molar-refractivity contribution in [1.82, 2.24) is 24.5 Å². The van der Waals surface area contributed by atoms with Crippen LogP contribution in [0.25, 0.3) is 5.78 Å². The number of esters is 1. The lowest BCUT2D eigenvalue weighted by molar-refractivity contribution is -0.146. The number of aromatic nitrogens is 4. The second-order valence-electron chi connectivity index (χ2n) is 6.32. The number of ether oxygens (including phenoxy) is 2. The molecule has 1 aliphatic heterocycles. The van der Waals surface area contributed by atoms with E-state index in [0.29, 0.717) is 18.9 Å². The van der Waals surface area contributed by atoms with E-state index >= 15 is 0 Å². The summed E-state index contributed by atoms with van der Waals surface area (Å²) >= 11 is 0. The number of hydrogen-bond donors (Lipinski definition) is 0. The van der Waals surface area contributed by atoms with Crippen LogP contribution < -0.4 is 0 Å². The molecule has 0 spiro atoms. The fourth-order valence-corrected chi connectivity index (χ4v) is 2.92. The minimum Gasteiger partial charge on any atom is -0.450 e. The molecule has 2 aromatic heterocycles. The van der Waals surface area contributed by atoms with Crippen LogP contribution in [0.15, 0.2) is 6.07 Å². The molecular weight excluding hydrogens is 326 g/mol. The molecule has 0 saturated carbocycles. The molecule has 0 radical (unpaired) electrons. The Hall–Kier alpha value is -2.55. The van der Waals surface area contributed by atoms with Crippen molar-refractivity contribution >= 4 is 17.7 Å². The molecule has 25 heavy (non-hydrogen) atoms. The summed E-state index contributed by atoms with van der Waals surface area (Å²) in [7, 11) is 0. The minimum absolute atomic E-state index is 0.0409. The SMILES string of the molecule is Cc1cc(C)n2nc(C(=O)OCC(=O)N3CC(C)OC(C)C3)nc2n1. The van der Waals surface area contributed by atoms with Crippen LogP contribution >= 0.6 is 0 Å². The van der Waals surface area contributed by atoms with Crippen LogP contribution in [-0.2, 0) is 14.3 Å². The van der Waals surface area contributed by atoms with E-state index in [2.05, 4.69) is 15.1 Å². The van der Waals surface area contributed by atoms with E-state index in [4.69, 9.17) is 9.47 Å². The maximum absolute atomic E-state index is 12.2. The summed E-state index contributed by atoms with van der Waals surface area (Å²) in [6, 6.07) is 1.83. The molecule has 134 valence electrons. The smallest absolute Gasteiger partial charge is 0.378 e. The molecule has 9 nitrogen and oxygen atoms in total. The van der Waals surface area contributed by atoms with E-state index in [9.17, 15) is 9.59 Å². The van der Waals surface area contributed by atoms with Crippen LogP contribution in [0.5, 0.6) is 0 Å². The van der Waals surface area contributed by atoms with Crippen LogP contribution in [0.2, 0.25) is 0 Å². The van der Waals surface area contributed by atoms with E-state index in [1.54, 1.807) is 4.90 Å². The third kappa shape index (κ3) is 3.76. The Morgan fingerprint density at radius 3 is 2.60 bits per heavy atom. The zero-order valence-electron chi connectivity index (χ0n) is 14.7. The van der Waals surface area contributed by atoms with Gasteiger partial charge in [-0.05, 0) is 33.8 Å². The average Bonchev–Trinajstić information content (AvgIpc) is 2.95. The summed E-state index contributed by atoms with van der Waals surface area (Å²) in [5.41, 5.74) is 1.59. The van der Waals surface area contributed by atoms with Gasteiger partial charge in [0, 0.05) is 24.5 Å². The number of carbonyl (C=O) groups is 2. The summed E-state index contributed by atoms with van der Waals surface area (Å²) in [5, 5.41) is 4.09. The molecule has 3 rings (SSSR count). The van der Waals surface area contributed by atoms with Gasteiger partial charge in [-0.25, -0.2) is 14.3 Å². The van der Waals surface area contributed by atoms with Gasteiger partial charge in [0.15, 0.2) is 6.61 Å². The molecular formula is C16H21N5O4. The van der Waals surface area contributed by atoms with Crippen molar-refractivity contribution in [2.24, 2.45) is 0 Å². The molecule has 1 amide bonds. The van der Waals surface area contributed by atoms with Crippen LogP contribution in [0.4, 0.5) is 0 Å². The Kier molecular flexibility index (Phi) is 4.67. The molecule has 0 aliphatic carbocycles. The fourth-order valence-electron chi connectivity index (χ4n) is 2.92. The van der Waals surface area contributed by atoms with Crippen molar-refractivity contribution in [2.45, 2.75) is 39.9 Å². The lowest BCUT2D eigenvalue weighted by Crippen LogP contribution is -2.49. The second-order valence-corrected chi connectivity index (χ2v) is 6.32. The first kappa shape index (κ1) is 17.3. The summed E-state index contributed by atoms with van der Waals surface area (Å²) in [6.45, 7) is 8.10. The molecule has 0 aromatic carbocycles. The second kappa shape index (κ2) is 6.75. The van der Waals surface area contributed by atoms with E-state index in [0.717, 1.165) is 11.4 Å². The van der Waals surface area contributed by atoms with E-state index in [1.807, 2.05) is 33.8 Å². The summed E-state index contributed by atoms with van der Waals surface area (Å²) in [4.78, 5) is 34.3. The predicted octanol–water partition coefficient (Wildman–Crippen LogP) is 0.534. The highest BCUT2D eigenvalue weighted by Crippen LogP contribution is 2.11. The zero-order valence-corrected chi connectivity index (χ0v) is 14.7. The van der Waals surface area contributed by atoms with Crippen molar-refractivity contribution in [2.75, 3.05) is 19.7 Å². The monoisotopic (exact) mass is 347 g/mol. The van der Waals surface area contributed by atoms with Crippen molar-refractivity contribution < 1.29 is 19.1 Å². The number of morpholine rings is 1. The van der Waals surface area contributed by atoms with Gasteiger partial charge in [-0.1, -0.05) is 0 Å². The summed E-state index contributed by atoms with van der Waals surface area (Å²) in [5.74, 6) is -0.793. The quantitative estimate of drug-likeness (QED) is 0.747. The topological polar surface area (TPSA) is 98.9 Å². The number of amides is 1. The Morgan fingerprint density at radius 1 is 1.24 bits per heavy atom. The Labute approximate surface area is 144 Å². The molecule has 2 aromatic rings. The highest BCUT2D eigenvalue weighted by Gasteiger charge is 2.27. The normalized spacial score (nSPS) is 20.7. The van der Waals surface area contributed by atoms with Crippen LogP contribution in [0.3, 0.4) is 0 Å². The van der Waals surface area contributed by atoms with Gasteiger partial charge in [-0.15, -0.1) is 5.10 Å². The third-order valence-corrected chi connectivity index (χ3v) is 3.90. The van der Waals surface area contributed by atoms with Gasteiger partial charge in [0.05, 0.1) is 12.2 Å². The van der Waals surface area contributed by atoms with Gasteiger partial charge in [-0.3, -0.25) is 4.79 Å². The fraction of sp³-hybridized carbons (Fsp3) is 0.562. The Balaban J connectivity index is 1.64. The number of hydrogen-bond acceptors (Lipinski definition) is 7. The molecule has 2 unspecified atom stereocenters. The predicted molar refractivity (Wildman–Crippen MR) is 87.1 cm³/mol. The van der Waals surface area contributed by atoms with E-state index in [1.165, 1.54) is 4.52 Å². The summed E-state index contributed by atoms with van der Waals surface area (Å²) in [6.07, 6.45) is -0.0819. The molecule has 9 heteroatoms. The maximum atomic E-state index is 12.2. The third-order valence-electron chi connectivity index (χ3n) is 3.90. The van der Waals surface area contributed by atoms with Crippen molar-refractivity contribution in [1.29, 1.82) is 0 Å². The molecule has 2 atom stereocenters. The minimum atomic E-state index is -0.745. The lowest BCUT2D eigenvalue weighted by atomic mass is 10.2. The number of nitrogens with zero attached hydrogens (tertiary/aromatic N) is 5. The molecule has 0 bridgehead atoms. The van der Waals surface area contributed by atoms with Gasteiger partial charge in [0.25, 0.3) is 17.5 Å². The van der Waals surface area contributed by atoms with Gasteiger partial charge in [-0.2, -0.15) is 4.98 Å². The molecule has 1 saturated heterocycles. The first-order valence-electron chi connectivity index (χ1n) is 8.15. The van der Waals surface area contributed by atoms with E-state index < -0.39 is 5.97 Å². The Bertz CT molecular complexity index is 808. The molecule has 1 fully saturated rings. The van der Waals surface area contributed by atoms with Crippen molar-refractivity contribution in [3.05, 3.63) is 23.3 Å². The van der Waals surface area contributed by atoms with Gasteiger partial charge in [0.2, 0.25) is 0 Å². The number of rotatable bonds is 3. The van der Waals surface area contributed by atoms with Crippen LogP contribution in [0.1, 0.15) is 35.9 Å². The maximum Gasteiger partial charge on any atom is 0.378 e. The van der Waals surface area contributed by atoms with Gasteiger partial charge in [0.1, 0.15) is 0 Å². The number of aryl methyl sites for hydroxylation is 2.